The zero-order valence-corrected chi connectivity index (χ0v) is 23.7. The molecule has 0 bridgehead atoms. The zero-order chi connectivity index (χ0) is 28.3. The number of aliphatic hydroxyl groups excluding tert-OH is 1. The smallest absolute Gasteiger partial charge is 0.300 e. The fourth-order valence-electron chi connectivity index (χ4n) is 4.90. The average molecular weight is 527 g/mol. The van der Waals surface area contributed by atoms with Crippen LogP contribution in [0.1, 0.15) is 56.0 Å². The number of anilines is 2. The molecule has 1 aliphatic rings. The van der Waals surface area contributed by atoms with Gasteiger partial charge < -0.3 is 14.7 Å². The largest absolute Gasteiger partial charge is 0.507 e. The van der Waals surface area contributed by atoms with Crippen LogP contribution in [-0.2, 0) is 9.59 Å². The summed E-state index contributed by atoms with van der Waals surface area (Å²) in [6.45, 7) is 14.6. The molecule has 1 amide bonds. The summed E-state index contributed by atoms with van der Waals surface area (Å²) in [6, 6.07) is 19.8. The second-order valence-corrected chi connectivity index (χ2v) is 10.4. The van der Waals surface area contributed by atoms with Crippen LogP contribution in [0.15, 0.2) is 72.3 Å². The maximum absolute atomic E-state index is 13.6. The molecule has 0 aliphatic carbocycles. The number of hydrogen-bond acceptors (Lipinski definition) is 5. The van der Waals surface area contributed by atoms with Crippen molar-refractivity contribution >= 4 is 28.8 Å². The lowest BCUT2D eigenvalue weighted by Crippen LogP contribution is -2.29. The van der Waals surface area contributed by atoms with Crippen LogP contribution >= 0.6 is 0 Å². The third-order valence-electron chi connectivity index (χ3n) is 7.24. The molecule has 3 aromatic rings. The normalized spacial score (nSPS) is 16.7. The summed E-state index contributed by atoms with van der Waals surface area (Å²) in [5.74, 6) is -0.657. The molecule has 1 fully saturated rings. The van der Waals surface area contributed by atoms with Gasteiger partial charge in [-0.25, -0.2) is 0 Å². The minimum absolute atomic E-state index is 0.0647. The van der Waals surface area contributed by atoms with Gasteiger partial charge in [-0.15, -0.1) is 0 Å². The lowest BCUT2D eigenvalue weighted by molar-refractivity contribution is -0.132. The molecule has 1 heterocycles. The summed E-state index contributed by atoms with van der Waals surface area (Å²) in [6.07, 6.45) is 0. The minimum Gasteiger partial charge on any atom is -0.507 e. The molecule has 1 saturated heterocycles. The Labute approximate surface area is 231 Å². The molecule has 3 aromatic carbocycles. The molecule has 6 nitrogen and oxygen atoms in total. The molecule has 1 N–H and O–H groups in total. The Morgan fingerprint density at radius 3 is 2.26 bits per heavy atom. The van der Waals surface area contributed by atoms with Crippen LogP contribution in [0.5, 0.6) is 5.75 Å². The molecule has 4 rings (SSSR count). The SMILES string of the molecule is CCN(CC)c1ccc(C2/C(=C(\O)c3cccc(OCC(C)C)c3)C(=O)C(=O)N2c2ccc(C)c(C)c2)cc1. The van der Waals surface area contributed by atoms with Gasteiger partial charge in [0.1, 0.15) is 11.5 Å². The molecular weight excluding hydrogens is 488 g/mol. The highest BCUT2D eigenvalue weighted by molar-refractivity contribution is 6.51. The minimum atomic E-state index is -0.780. The molecule has 1 atom stereocenters. The lowest BCUT2D eigenvalue weighted by Gasteiger charge is -2.27. The van der Waals surface area contributed by atoms with Crippen LogP contribution in [0.2, 0.25) is 0 Å². The number of hydrogen-bond donors (Lipinski definition) is 1. The van der Waals surface area contributed by atoms with Gasteiger partial charge >= 0.3 is 0 Å². The van der Waals surface area contributed by atoms with Crippen molar-refractivity contribution < 1.29 is 19.4 Å². The quantitative estimate of drug-likeness (QED) is 0.188. The first-order valence-electron chi connectivity index (χ1n) is 13.6. The average Bonchev–Trinajstić information content (AvgIpc) is 3.20. The first kappa shape index (κ1) is 28.0. The third kappa shape index (κ3) is 5.70. The summed E-state index contributed by atoms with van der Waals surface area (Å²) in [7, 11) is 0. The van der Waals surface area contributed by atoms with E-state index in [1.165, 1.54) is 4.90 Å². The maximum Gasteiger partial charge on any atom is 0.300 e. The van der Waals surface area contributed by atoms with E-state index in [0.717, 1.165) is 35.5 Å². The third-order valence-corrected chi connectivity index (χ3v) is 7.24. The molecule has 0 radical (unpaired) electrons. The number of rotatable bonds is 9. The van der Waals surface area contributed by atoms with Gasteiger partial charge in [0.2, 0.25) is 0 Å². The van der Waals surface area contributed by atoms with E-state index in [1.54, 1.807) is 18.2 Å². The van der Waals surface area contributed by atoms with Gasteiger partial charge in [-0.2, -0.15) is 0 Å². The Morgan fingerprint density at radius 1 is 0.949 bits per heavy atom. The molecule has 1 aliphatic heterocycles. The summed E-state index contributed by atoms with van der Waals surface area (Å²) < 4.78 is 5.85. The van der Waals surface area contributed by atoms with E-state index < -0.39 is 17.7 Å². The van der Waals surface area contributed by atoms with E-state index in [4.69, 9.17) is 4.74 Å². The van der Waals surface area contributed by atoms with Gasteiger partial charge in [0.25, 0.3) is 11.7 Å². The lowest BCUT2D eigenvalue weighted by atomic mass is 9.94. The molecular formula is C33H38N2O4. The van der Waals surface area contributed by atoms with E-state index >= 15 is 0 Å². The molecule has 204 valence electrons. The number of ketones is 1. The van der Waals surface area contributed by atoms with Gasteiger partial charge in [0, 0.05) is 30.0 Å². The Balaban J connectivity index is 1.87. The van der Waals surface area contributed by atoms with Crippen LogP contribution in [0.25, 0.3) is 5.76 Å². The van der Waals surface area contributed by atoms with Gasteiger partial charge in [0.15, 0.2) is 0 Å². The zero-order valence-electron chi connectivity index (χ0n) is 23.7. The van der Waals surface area contributed by atoms with Crippen LogP contribution in [0.3, 0.4) is 0 Å². The number of amides is 1. The highest BCUT2D eigenvalue weighted by atomic mass is 16.5. The van der Waals surface area contributed by atoms with Crippen molar-refractivity contribution in [3.05, 3.63) is 94.6 Å². The predicted molar refractivity (Wildman–Crippen MR) is 157 cm³/mol. The molecule has 0 saturated carbocycles. The number of aliphatic hydroxyl groups is 1. The van der Waals surface area contributed by atoms with Crippen molar-refractivity contribution in [1.82, 2.24) is 0 Å². The van der Waals surface area contributed by atoms with Crippen LogP contribution < -0.4 is 14.5 Å². The standard InChI is InChI=1S/C33H38N2O4/c1-7-34(8-2)26-16-13-24(14-17-26)30-29(31(36)25-10-9-11-28(19-25)39-20-21(3)4)32(37)33(38)35(30)27-15-12-22(5)23(6)18-27/h9-19,21,30,36H,7-8,20H2,1-6H3/b31-29+. The number of nitrogens with zero attached hydrogens (tertiary/aromatic N) is 2. The second kappa shape index (κ2) is 11.8. The van der Waals surface area contributed by atoms with Crippen LogP contribution in [-0.4, -0.2) is 36.5 Å². The van der Waals surface area contributed by atoms with Gasteiger partial charge in [-0.3, -0.25) is 14.5 Å². The fourth-order valence-corrected chi connectivity index (χ4v) is 4.90. The first-order chi connectivity index (χ1) is 18.7. The van der Waals surface area contributed by atoms with E-state index in [1.807, 2.05) is 62.4 Å². The number of ether oxygens (including phenoxy) is 1. The Morgan fingerprint density at radius 2 is 1.64 bits per heavy atom. The molecule has 0 aromatic heterocycles. The fraction of sp³-hybridized carbons (Fsp3) is 0.333. The monoisotopic (exact) mass is 526 g/mol. The van der Waals surface area contributed by atoms with E-state index in [9.17, 15) is 14.7 Å². The summed E-state index contributed by atoms with van der Waals surface area (Å²) in [5, 5.41) is 11.5. The van der Waals surface area contributed by atoms with Gasteiger partial charge in [-0.1, -0.05) is 44.2 Å². The molecule has 6 heteroatoms. The van der Waals surface area contributed by atoms with Crippen molar-refractivity contribution in [3.8, 4) is 5.75 Å². The summed E-state index contributed by atoms with van der Waals surface area (Å²) in [5.41, 5.74) is 5.02. The van der Waals surface area contributed by atoms with Crippen molar-refractivity contribution in [2.75, 3.05) is 29.5 Å². The molecule has 39 heavy (non-hydrogen) atoms. The Kier molecular flexibility index (Phi) is 8.44. The van der Waals surface area contributed by atoms with Crippen LogP contribution in [0, 0.1) is 19.8 Å². The Hall–Kier alpha value is -4.06. The second-order valence-electron chi connectivity index (χ2n) is 10.4. The summed E-state index contributed by atoms with van der Waals surface area (Å²) >= 11 is 0. The maximum atomic E-state index is 13.6. The van der Waals surface area contributed by atoms with Gasteiger partial charge in [0.05, 0.1) is 18.2 Å². The van der Waals surface area contributed by atoms with E-state index in [2.05, 4.69) is 32.6 Å². The number of aryl methyl sites for hydroxylation is 2. The van der Waals surface area contributed by atoms with Crippen molar-refractivity contribution in [3.63, 3.8) is 0 Å². The van der Waals surface area contributed by atoms with Crippen molar-refractivity contribution in [2.24, 2.45) is 5.92 Å². The van der Waals surface area contributed by atoms with Crippen molar-refractivity contribution in [2.45, 2.75) is 47.6 Å². The molecule has 1 unspecified atom stereocenters. The topological polar surface area (TPSA) is 70.1 Å². The van der Waals surface area contributed by atoms with Crippen LogP contribution in [0.4, 0.5) is 11.4 Å². The first-order valence-corrected chi connectivity index (χ1v) is 13.6. The van der Waals surface area contributed by atoms with E-state index in [0.29, 0.717) is 29.5 Å². The number of carbonyl (C=O) groups excluding carboxylic acids is 2. The number of carbonyl (C=O) groups is 2. The Bertz CT molecular complexity index is 1390. The number of Topliss-reactive ketones (excluding diaryl/α,β-unsaturated/α-hetero) is 1. The number of benzene rings is 3. The van der Waals surface area contributed by atoms with Gasteiger partial charge in [-0.05, 0) is 86.7 Å². The highest BCUT2D eigenvalue weighted by Crippen LogP contribution is 2.43. The molecule has 0 spiro atoms. The van der Waals surface area contributed by atoms with Crippen molar-refractivity contribution in [1.29, 1.82) is 0 Å². The highest BCUT2D eigenvalue weighted by Gasteiger charge is 2.47. The summed E-state index contributed by atoms with van der Waals surface area (Å²) in [4.78, 5) is 30.8. The predicted octanol–water partition coefficient (Wildman–Crippen LogP) is 6.81. The van der Waals surface area contributed by atoms with E-state index in [-0.39, 0.29) is 11.3 Å².